The Morgan fingerprint density at radius 1 is 1.18 bits per heavy atom. The number of rotatable bonds is 3. The van der Waals surface area contributed by atoms with Gasteiger partial charge in [0.05, 0.1) is 0 Å². The average Bonchev–Trinajstić information content (AvgIpc) is 2.30. The summed E-state index contributed by atoms with van der Waals surface area (Å²) in [7, 11) is 0. The fourth-order valence-corrected chi connectivity index (χ4v) is 2.83. The predicted octanol–water partition coefficient (Wildman–Crippen LogP) is 3.31. The molecule has 0 aromatic heterocycles. The van der Waals surface area contributed by atoms with Crippen LogP contribution in [0, 0.1) is 11.8 Å². The molecule has 1 aliphatic carbocycles. The van der Waals surface area contributed by atoms with Crippen LogP contribution in [-0.4, -0.2) is 11.1 Å². The Hall–Kier alpha value is -1.02. The van der Waals surface area contributed by atoms with E-state index in [4.69, 9.17) is 0 Å². The largest absolute Gasteiger partial charge is 0.508 e. The first kappa shape index (κ1) is 12.4. The first-order valence-corrected chi connectivity index (χ1v) is 6.66. The zero-order valence-electron chi connectivity index (χ0n) is 10.8. The Morgan fingerprint density at radius 2 is 1.88 bits per heavy atom. The lowest BCUT2D eigenvalue weighted by molar-refractivity contribution is 0.227. The second kappa shape index (κ2) is 5.54. The molecule has 0 radical (unpaired) electrons. The van der Waals surface area contributed by atoms with Crippen LogP contribution in [0.5, 0.6) is 5.75 Å². The van der Waals surface area contributed by atoms with Gasteiger partial charge in [0.15, 0.2) is 0 Å². The van der Waals surface area contributed by atoms with Crippen molar-refractivity contribution in [3.05, 3.63) is 29.8 Å². The summed E-state index contributed by atoms with van der Waals surface area (Å²) < 4.78 is 0. The molecule has 3 unspecified atom stereocenters. The summed E-state index contributed by atoms with van der Waals surface area (Å²) in [4.78, 5) is 0. The van der Waals surface area contributed by atoms with Crippen LogP contribution in [0.25, 0.3) is 0 Å². The van der Waals surface area contributed by atoms with E-state index in [-0.39, 0.29) is 0 Å². The molecule has 1 saturated carbocycles. The second-order valence-electron chi connectivity index (χ2n) is 5.55. The summed E-state index contributed by atoms with van der Waals surface area (Å²) in [6, 6.07) is 8.13. The second-order valence-corrected chi connectivity index (χ2v) is 5.55. The summed E-state index contributed by atoms with van der Waals surface area (Å²) in [5.74, 6) is 2.00. The Balaban J connectivity index is 1.83. The van der Waals surface area contributed by atoms with E-state index in [0.29, 0.717) is 11.8 Å². The molecule has 0 amide bonds. The molecule has 2 nitrogen and oxygen atoms in total. The van der Waals surface area contributed by atoms with Crippen molar-refractivity contribution in [1.29, 1.82) is 0 Å². The minimum Gasteiger partial charge on any atom is -0.508 e. The van der Waals surface area contributed by atoms with E-state index < -0.39 is 0 Å². The van der Waals surface area contributed by atoms with E-state index >= 15 is 0 Å². The maximum atomic E-state index is 9.22. The molecule has 3 atom stereocenters. The number of hydrogen-bond acceptors (Lipinski definition) is 2. The lowest BCUT2D eigenvalue weighted by Gasteiger charge is -2.33. The summed E-state index contributed by atoms with van der Waals surface area (Å²) in [6.07, 6.45) is 3.98. The van der Waals surface area contributed by atoms with Crippen molar-refractivity contribution in [3.63, 3.8) is 0 Å². The predicted molar refractivity (Wildman–Crippen MR) is 70.9 cm³/mol. The van der Waals surface area contributed by atoms with Crippen LogP contribution in [0.4, 0.5) is 0 Å². The van der Waals surface area contributed by atoms with E-state index in [0.717, 1.165) is 18.4 Å². The molecule has 2 N–H and O–H groups in total. The highest BCUT2D eigenvalue weighted by Crippen LogP contribution is 2.28. The molecule has 0 saturated heterocycles. The van der Waals surface area contributed by atoms with E-state index in [2.05, 4.69) is 19.2 Å². The fraction of sp³-hybridized carbons (Fsp3) is 0.600. The molecule has 2 heteroatoms. The van der Waals surface area contributed by atoms with Gasteiger partial charge < -0.3 is 10.4 Å². The highest BCUT2D eigenvalue weighted by molar-refractivity contribution is 5.25. The lowest BCUT2D eigenvalue weighted by Crippen LogP contribution is -2.38. The standard InChI is InChI=1S/C15H23NO/c1-11-3-8-15(12(2)9-11)16-10-13-4-6-14(17)7-5-13/h4-7,11-12,15-17H,3,8-10H2,1-2H3. The number of nitrogens with one attached hydrogen (secondary N) is 1. The van der Waals surface area contributed by atoms with Crippen molar-refractivity contribution >= 4 is 0 Å². The normalized spacial score (nSPS) is 29.2. The van der Waals surface area contributed by atoms with Gasteiger partial charge in [0.2, 0.25) is 0 Å². The van der Waals surface area contributed by atoms with Crippen molar-refractivity contribution in [3.8, 4) is 5.75 Å². The van der Waals surface area contributed by atoms with Gasteiger partial charge in [-0.15, -0.1) is 0 Å². The molecular weight excluding hydrogens is 210 g/mol. The van der Waals surface area contributed by atoms with Crippen LogP contribution in [0.15, 0.2) is 24.3 Å². The summed E-state index contributed by atoms with van der Waals surface area (Å²) in [5, 5.41) is 12.9. The van der Waals surface area contributed by atoms with Gasteiger partial charge in [0, 0.05) is 12.6 Å². The molecule has 1 aliphatic rings. The van der Waals surface area contributed by atoms with Gasteiger partial charge >= 0.3 is 0 Å². The van der Waals surface area contributed by atoms with E-state index in [9.17, 15) is 5.11 Å². The third-order valence-electron chi connectivity index (χ3n) is 3.94. The Bertz CT molecular complexity index is 346. The maximum absolute atomic E-state index is 9.22. The highest BCUT2D eigenvalue weighted by Gasteiger charge is 2.24. The molecule has 17 heavy (non-hydrogen) atoms. The molecule has 0 spiro atoms. The van der Waals surface area contributed by atoms with Crippen molar-refractivity contribution < 1.29 is 5.11 Å². The molecule has 0 bridgehead atoms. The SMILES string of the molecule is CC1CCC(NCc2ccc(O)cc2)C(C)C1. The third kappa shape index (κ3) is 3.47. The third-order valence-corrected chi connectivity index (χ3v) is 3.94. The van der Waals surface area contributed by atoms with Crippen molar-refractivity contribution in [2.45, 2.75) is 45.7 Å². The van der Waals surface area contributed by atoms with Gasteiger partial charge in [-0.1, -0.05) is 26.0 Å². The molecule has 1 aromatic carbocycles. The number of hydrogen-bond donors (Lipinski definition) is 2. The fourth-order valence-electron chi connectivity index (χ4n) is 2.83. The highest BCUT2D eigenvalue weighted by atomic mass is 16.3. The monoisotopic (exact) mass is 233 g/mol. The molecule has 0 aliphatic heterocycles. The first-order chi connectivity index (χ1) is 8.15. The minimum atomic E-state index is 0.341. The van der Waals surface area contributed by atoms with Crippen LogP contribution in [0.2, 0.25) is 0 Å². The van der Waals surface area contributed by atoms with Gasteiger partial charge in [-0.2, -0.15) is 0 Å². The summed E-state index contributed by atoms with van der Waals surface area (Å²) in [5.41, 5.74) is 1.24. The minimum absolute atomic E-state index is 0.341. The maximum Gasteiger partial charge on any atom is 0.115 e. The summed E-state index contributed by atoms with van der Waals surface area (Å²) >= 11 is 0. The van der Waals surface area contributed by atoms with Crippen LogP contribution < -0.4 is 5.32 Å². The topological polar surface area (TPSA) is 32.3 Å². The average molecular weight is 233 g/mol. The van der Waals surface area contributed by atoms with Crippen LogP contribution in [0.1, 0.15) is 38.7 Å². The van der Waals surface area contributed by atoms with Crippen molar-refractivity contribution in [1.82, 2.24) is 5.32 Å². The van der Waals surface area contributed by atoms with Gasteiger partial charge in [0.1, 0.15) is 5.75 Å². The van der Waals surface area contributed by atoms with Crippen molar-refractivity contribution in [2.24, 2.45) is 11.8 Å². The zero-order valence-corrected chi connectivity index (χ0v) is 10.8. The molecule has 1 fully saturated rings. The van der Waals surface area contributed by atoms with E-state index in [1.807, 2.05) is 12.1 Å². The van der Waals surface area contributed by atoms with Crippen LogP contribution in [0.3, 0.4) is 0 Å². The summed E-state index contributed by atoms with van der Waals surface area (Å²) in [6.45, 7) is 5.61. The lowest BCUT2D eigenvalue weighted by atomic mass is 9.80. The number of aromatic hydroxyl groups is 1. The van der Waals surface area contributed by atoms with Crippen LogP contribution >= 0.6 is 0 Å². The Labute approximate surface area is 104 Å². The quantitative estimate of drug-likeness (QED) is 0.839. The number of benzene rings is 1. The van der Waals surface area contributed by atoms with E-state index in [1.165, 1.54) is 24.8 Å². The smallest absolute Gasteiger partial charge is 0.115 e. The van der Waals surface area contributed by atoms with Gasteiger partial charge in [0.25, 0.3) is 0 Å². The molecular formula is C15H23NO. The molecule has 2 rings (SSSR count). The van der Waals surface area contributed by atoms with E-state index in [1.54, 1.807) is 12.1 Å². The van der Waals surface area contributed by atoms with Gasteiger partial charge in [-0.25, -0.2) is 0 Å². The van der Waals surface area contributed by atoms with Gasteiger partial charge in [-0.05, 0) is 48.8 Å². The zero-order chi connectivity index (χ0) is 12.3. The Morgan fingerprint density at radius 3 is 2.53 bits per heavy atom. The van der Waals surface area contributed by atoms with Gasteiger partial charge in [-0.3, -0.25) is 0 Å². The first-order valence-electron chi connectivity index (χ1n) is 6.66. The molecule has 1 aromatic rings. The number of phenols is 1. The molecule has 0 heterocycles. The Kier molecular flexibility index (Phi) is 4.06. The molecule has 94 valence electrons. The number of phenolic OH excluding ortho intramolecular Hbond substituents is 1. The van der Waals surface area contributed by atoms with Crippen molar-refractivity contribution in [2.75, 3.05) is 0 Å². The van der Waals surface area contributed by atoms with Crippen LogP contribution in [-0.2, 0) is 6.54 Å².